The van der Waals surface area contributed by atoms with Gasteiger partial charge in [0.05, 0.1) is 19.1 Å². The first kappa shape index (κ1) is 21.4. The van der Waals surface area contributed by atoms with Crippen LogP contribution in [-0.4, -0.2) is 57.2 Å². The first-order valence-corrected chi connectivity index (χ1v) is 9.25. The molecule has 0 atom stereocenters. The van der Waals surface area contributed by atoms with Crippen LogP contribution in [0.15, 0.2) is 52.1 Å². The molecule has 0 unspecified atom stereocenters. The van der Waals surface area contributed by atoms with Gasteiger partial charge in [0.15, 0.2) is 5.96 Å². The van der Waals surface area contributed by atoms with Gasteiger partial charge in [-0.05, 0) is 31.2 Å². The number of piperazine rings is 1. The van der Waals surface area contributed by atoms with Crippen LogP contribution in [0, 0.1) is 0 Å². The number of guanidine groups is 1. The van der Waals surface area contributed by atoms with Crippen LogP contribution in [0.1, 0.15) is 12.7 Å². The molecule has 0 bridgehead atoms. The highest BCUT2D eigenvalue weighted by molar-refractivity contribution is 14.0. The van der Waals surface area contributed by atoms with Gasteiger partial charge < -0.3 is 24.3 Å². The number of ether oxygens (including phenoxy) is 1. The second-order valence-corrected chi connectivity index (χ2v) is 6.21. The average molecular weight is 484 g/mol. The van der Waals surface area contributed by atoms with Crippen LogP contribution in [0.5, 0.6) is 5.75 Å². The molecule has 0 aliphatic carbocycles. The van der Waals surface area contributed by atoms with E-state index in [2.05, 4.69) is 34.2 Å². The molecule has 7 heteroatoms. The van der Waals surface area contributed by atoms with E-state index in [1.807, 2.05) is 24.3 Å². The van der Waals surface area contributed by atoms with E-state index in [1.165, 1.54) is 0 Å². The lowest BCUT2D eigenvalue weighted by Gasteiger charge is -2.38. The third kappa shape index (κ3) is 5.79. The van der Waals surface area contributed by atoms with Gasteiger partial charge in [0, 0.05) is 45.7 Å². The summed E-state index contributed by atoms with van der Waals surface area (Å²) in [5.41, 5.74) is 1.16. The number of halogens is 1. The number of aliphatic imine (C=N–C) groups is 1. The molecule has 1 aliphatic heterocycles. The first-order chi connectivity index (χ1) is 12.8. The van der Waals surface area contributed by atoms with Gasteiger partial charge in [-0.2, -0.15) is 0 Å². The standard InChI is InChI=1S/C20H28N4O2.HI/c1-3-21-20(22-11-10-17-7-6-16-26-17)24-14-12-23(13-15-24)18-8-4-5-9-19(18)25-2;/h4-9,16H,3,10-15H2,1-2H3,(H,21,22);1H. The summed E-state index contributed by atoms with van der Waals surface area (Å²) in [5.74, 6) is 2.89. The van der Waals surface area contributed by atoms with Gasteiger partial charge in [-0.15, -0.1) is 24.0 Å². The van der Waals surface area contributed by atoms with Crippen molar-refractivity contribution < 1.29 is 9.15 Å². The summed E-state index contributed by atoms with van der Waals surface area (Å²) >= 11 is 0. The highest BCUT2D eigenvalue weighted by Crippen LogP contribution is 2.28. The predicted molar refractivity (Wildman–Crippen MR) is 121 cm³/mol. The number of methoxy groups -OCH3 is 1. The molecule has 27 heavy (non-hydrogen) atoms. The zero-order valence-corrected chi connectivity index (χ0v) is 18.4. The number of anilines is 1. The fraction of sp³-hybridized carbons (Fsp3) is 0.450. The summed E-state index contributed by atoms with van der Waals surface area (Å²) in [5, 5.41) is 3.41. The van der Waals surface area contributed by atoms with Crippen molar-refractivity contribution >= 4 is 35.6 Å². The smallest absolute Gasteiger partial charge is 0.194 e. The van der Waals surface area contributed by atoms with Crippen molar-refractivity contribution in [3.63, 3.8) is 0 Å². The monoisotopic (exact) mass is 484 g/mol. The fourth-order valence-corrected chi connectivity index (χ4v) is 3.20. The van der Waals surface area contributed by atoms with Crippen molar-refractivity contribution in [1.29, 1.82) is 0 Å². The molecule has 0 amide bonds. The number of nitrogens with zero attached hydrogens (tertiary/aromatic N) is 3. The molecule has 3 rings (SSSR count). The summed E-state index contributed by atoms with van der Waals surface area (Å²) in [6.45, 7) is 7.46. The van der Waals surface area contributed by atoms with Gasteiger partial charge in [-0.25, -0.2) is 0 Å². The Bertz CT molecular complexity index is 698. The summed E-state index contributed by atoms with van der Waals surface area (Å²) in [4.78, 5) is 9.48. The van der Waals surface area contributed by atoms with Crippen LogP contribution in [0.2, 0.25) is 0 Å². The summed E-state index contributed by atoms with van der Waals surface area (Å²) in [6, 6.07) is 12.1. The highest BCUT2D eigenvalue weighted by atomic mass is 127. The van der Waals surface area contributed by atoms with Crippen LogP contribution in [0.3, 0.4) is 0 Å². The quantitative estimate of drug-likeness (QED) is 0.388. The fourth-order valence-electron chi connectivity index (χ4n) is 3.20. The van der Waals surface area contributed by atoms with Crippen molar-refractivity contribution in [2.45, 2.75) is 13.3 Å². The van der Waals surface area contributed by atoms with Crippen molar-refractivity contribution in [2.75, 3.05) is 51.3 Å². The van der Waals surface area contributed by atoms with Crippen molar-refractivity contribution in [1.82, 2.24) is 10.2 Å². The van der Waals surface area contributed by atoms with Crippen molar-refractivity contribution in [3.05, 3.63) is 48.4 Å². The molecule has 2 heterocycles. The number of nitrogens with one attached hydrogen (secondary N) is 1. The highest BCUT2D eigenvalue weighted by Gasteiger charge is 2.21. The molecule has 148 valence electrons. The van der Waals surface area contributed by atoms with E-state index >= 15 is 0 Å². The maximum absolute atomic E-state index is 5.50. The van der Waals surface area contributed by atoms with Crippen LogP contribution in [-0.2, 0) is 6.42 Å². The average Bonchev–Trinajstić information content (AvgIpc) is 3.21. The molecule has 1 aromatic heterocycles. The number of para-hydroxylation sites is 2. The van der Waals surface area contributed by atoms with E-state index in [0.717, 1.165) is 68.8 Å². The topological polar surface area (TPSA) is 53.2 Å². The van der Waals surface area contributed by atoms with Crippen LogP contribution >= 0.6 is 24.0 Å². The second kappa shape index (κ2) is 11.1. The van der Waals surface area contributed by atoms with E-state index in [4.69, 9.17) is 14.1 Å². The third-order valence-electron chi connectivity index (χ3n) is 4.54. The van der Waals surface area contributed by atoms with Gasteiger partial charge in [0.2, 0.25) is 0 Å². The van der Waals surface area contributed by atoms with Gasteiger partial charge in [0.25, 0.3) is 0 Å². The number of benzene rings is 1. The molecular weight excluding hydrogens is 455 g/mol. The zero-order chi connectivity index (χ0) is 18.2. The Labute approximate surface area is 178 Å². The molecule has 1 aliphatic rings. The number of hydrogen-bond acceptors (Lipinski definition) is 4. The Kier molecular flexibility index (Phi) is 8.77. The normalized spacial score (nSPS) is 14.7. The molecule has 2 aromatic rings. The lowest BCUT2D eigenvalue weighted by molar-refractivity contribution is 0.367. The third-order valence-corrected chi connectivity index (χ3v) is 4.54. The van der Waals surface area contributed by atoms with Crippen molar-refractivity contribution in [3.8, 4) is 5.75 Å². The summed E-state index contributed by atoms with van der Waals surface area (Å²) in [6.07, 6.45) is 2.53. The molecule has 1 aromatic carbocycles. The van der Waals surface area contributed by atoms with E-state index in [1.54, 1.807) is 13.4 Å². The number of hydrogen-bond donors (Lipinski definition) is 1. The second-order valence-electron chi connectivity index (χ2n) is 6.21. The van der Waals surface area contributed by atoms with Gasteiger partial charge in [0.1, 0.15) is 11.5 Å². The Morgan fingerprint density at radius 2 is 1.93 bits per heavy atom. The summed E-state index contributed by atoms with van der Waals surface area (Å²) < 4.78 is 10.9. The van der Waals surface area contributed by atoms with Gasteiger partial charge in [-0.3, -0.25) is 4.99 Å². The Hall–Kier alpha value is -1.90. The maximum atomic E-state index is 5.50. The minimum Gasteiger partial charge on any atom is -0.495 e. The molecule has 0 radical (unpaired) electrons. The molecule has 1 fully saturated rings. The molecular formula is C20H29IN4O2. The Morgan fingerprint density at radius 1 is 1.15 bits per heavy atom. The molecule has 1 saturated heterocycles. The Morgan fingerprint density at radius 3 is 2.59 bits per heavy atom. The predicted octanol–water partition coefficient (Wildman–Crippen LogP) is 3.24. The zero-order valence-electron chi connectivity index (χ0n) is 16.1. The van der Waals surface area contributed by atoms with Gasteiger partial charge >= 0.3 is 0 Å². The van der Waals surface area contributed by atoms with E-state index in [9.17, 15) is 0 Å². The largest absolute Gasteiger partial charge is 0.495 e. The van der Waals surface area contributed by atoms with Crippen LogP contribution < -0.4 is 15.0 Å². The lowest BCUT2D eigenvalue weighted by Crippen LogP contribution is -2.52. The molecule has 6 nitrogen and oxygen atoms in total. The summed E-state index contributed by atoms with van der Waals surface area (Å²) in [7, 11) is 1.73. The van der Waals surface area contributed by atoms with Crippen LogP contribution in [0.25, 0.3) is 0 Å². The van der Waals surface area contributed by atoms with E-state index in [-0.39, 0.29) is 24.0 Å². The van der Waals surface area contributed by atoms with Gasteiger partial charge in [-0.1, -0.05) is 12.1 Å². The SMILES string of the molecule is CCNC(=NCCc1ccco1)N1CCN(c2ccccc2OC)CC1.I. The molecule has 0 spiro atoms. The maximum Gasteiger partial charge on any atom is 0.194 e. The molecule has 1 N–H and O–H groups in total. The number of furan rings is 1. The lowest BCUT2D eigenvalue weighted by atomic mass is 10.2. The number of rotatable bonds is 6. The molecule has 0 saturated carbocycles. The Balaban J connectivity index is 0.00000261. The minimum absolute atomic E-state index is 0. The minimum atomic E-state index is 0. The van der Waals surface area contributed by atoms with E-state index < -0.39 is 0 Å². The van der Waals surface area contributed by atoms with Crippen molar-refractivity contribution in [2.24, 2.45) is 4.99 Å². The van der Waals surface area contributed by atoms with E-state index in [0.29, 0.717) is 0 Å². The van der Waals surface area contributed by atoms with Crippen LogP contribution in [0.4, 0.5) is 5.69 Å². The first-order valence-electron chi connectivity index (χ1n) is 9.25.